The lowest BCUT2D eigenvalue weighted by molar-refractivity contribution is 0.0992. The number of hydrogen-bond acceptors (Lipinski definition) is 4. The summed E-state index contributed by atoms with van der Waals surface area (Å²) in [6, 6.07) is 13.6. The molecular weight excluding hydrogens is 576 g/mol. The molecule has 0 fully saturated rings. The Balaban J connectivity index is 1.39. The highest BCUT2D eigenvalue weighted by atomic mass is 79.9. The maximum atomic E-state index is 12.6. The van der Waals surface area contributed by atoms with Crippen LogP contribution in [0.5, 0.6) is 5.75 Å². The van der Waals surface area contributed by atoms with Crippen molar-refractivity contribution in [3.8, 4) is 5.75 Å². The minimum atomic E-state index is -0.456. The van der Waals surface area contributed by atoms with Crippen LogP contribution in [0.15, 0.2) is 63.6 Å². The van der Waals surface area contributed by atoms with Crippen LogP contribution in [0.3, 0.4) is 0 Å². The van der Waals surface area contributed by atoms with Crippen LogP contribution < -0.4 is 10.1 Å². The van der Waals surface area contributed by atoms with Gasteiger partial charge in [0.25, 0.3) is 5.91 Å². The average Bonchev–Trinajstić information content (AvgIpc) is 3.38. The molecule has 0 unspecified atom stereocenters. The third-order valence-electron chi connectivity index (χ3n) is 4.45. The Kier molecular flexibility index (Phi) is 7.56. The monoisotopic (exact) mass is 587 g/mol. The lowest BCUT2D eigenvalue weighted by Crippen LogP contribution is -2.12. The van der Waals surface area contributed by atoms with Crippen molar-refractivity contribution in [3.05, 3.63) is 96.4 Å². The summed E-state index contributed by atoms with van der Waals surface area (Å²) in [5, 5.41) is 8.75. The van der Waals surface area contributed by atoms with Crippen molar-refractivity contribution in [1.29, 1.82) is 0 Å². The third-order valence-corrected chi connectivity index (χ3v) is 6.57. The number of carbonyl (C=O) groups is 1. The van der Waals surface area contributed by atoms with E-state index in [4.69, 9.17) is 55.6 Å². The van der Waals surface area contributed by atoms with E-state index in [1.165, 1.54) is 0 Å². The van der Waals surface area contributed by atoms with Gasteiger partial charge in [-0.05, 0) is 57.9 Å². The molecule has 6 nitrogen and oxygen atoms in total. The number of hydrogen-bond donors (Lipinski definition) is 1. The van der Waals surface area contributed by atoms with Gasteiger partial charge in [0.1, 0.15) is 23.1 Å². The zero-order valence-corrected chi connectivity index (χ0v) is 21.2. The van der Waals surface area contributed by atoms with Crippen molar-refractivity contribution in [2.75, 3.05) is 5.32 Å². The predicted octanol–water partition coefficient (Wildman–Crippen LogP) is 7.73. The van der Waals surface area contributed by atoms with E-state index in [9.17, 15) is 4.79 Å². The number of carbonyl (C=O) groups excluding carboxylic acids is 1. The van der Waals surface area contributed by atoms with E-state index in [-0.39, 0.29) is 12.4 Å². The summed E-state index contributed by atoms with van der Waals surface area (Å²) in [5.41, 5.74) is 0.910. The number of ether oxygens (including phenoxy) is 1. The second kappa shape index (κ2) is 10.4. The van der Waals surface area contributed by atoms with Gasteiger partial charge in [-0.3, -0.25) is 9.48 Å². The topological polar surface area (TPSA) is 69.3 Å². The summed E-state index contributed by atoms with van der Waals surface area (Å²) in [6.45, 7) is 0.523. The fourth-order valence-electron chi connectivity index (χ4n) is 2.88. The molecule has 0 saturated heterocycles. The molecule has 4 aromatic rings. The highest BCUT2D eigenvalue weighted by molar-refractivity contribution is 9.10. The molecular formula is C22H14BrCl4N3O3. The van der Waals surface area contributed by atoms with Crippen molar-refractivity contribution in [2.45, 2.75) is 13.2 Å². The normalized spacial score (nSPS) is 10.9. The van der Waals surface area contributed by atoms with Crippen LogP contribution in [0, 0.1) is 0 Å². The molecule has 33 heavy (non-hydrogen) atoms. The summed E-state index contributed by atoms with van der Waals surface area (Å²) >= 11 is 27.5. The van der Waals surface area contributed by atoms with Crippen LogP contribution in [0.1, 0.15) is 21.9 Å². The number of anilines is 1. The third kappa shape index (κ3) is 5.86. The number of aromatic nitrogens is 2. The minimum Gasteiger partial charge on any atom is -0.484 e. The van der Waals surface area contributed by atoms with Crippen molar-refractivity contribution < 1.29 is 13.9 Å². The first-order valence-corrected chi connectivity index (χ1v) is 11.7. The molecule has 170 valence electrons. The number of halogens is 5. The van der Waals surface area contributed by atoms with E-state index >= 15 is 0 Å². The standard InChI is InChI=1S/C22H14BrCl4N3O3/c23-14-10-30(9-12-4-6-15(24)17(26)8-12)29-21(14)28-22(31)19-7-5-13(33-19)11-32-18-3-1-2-16(25)20(18)27/h1-8,10H,9,11H2,(H,28,29,31). The number of amides is 1. The van der Waals surface area contributed by atoms with Crippen LogP contribution in [0.2, 0.25) is 20.1 Å². The van der Waals surface area contributed by atoms with E-state index in [0.717, 1.165) is 5.56 Å². The van der Waals surface area contributed by atoms with Crippen molar-refractivity contribution in [1.82, 2.24) is 9.78 Å². The molecule has 0 spiro atoms. The molecule has 2 aromatic carbocycles. The summed E-state index contributed by atoms with van der Waals surface area (Å²) in [4.78, 5) is 12.6. The minimum absolute atomic E-state index is 0.0787. The van der Waals surface area contributed by atoms with Gasteiger partial charge < -0.3 is 14.5 Å². The summed E-state index contributed by atoms with van der Waals surface area (Å²) in [6.07, 6.45) is 1.74. The first-order valence-electron chi connectivity index (χ1n) is 9.44. The van der Waals surface area contributed by atoms with Crippen molar-refractivity contribution in [2.24, 2.45) is 0 Å². The maximum absolute atomic E-state index is 12.6. The molecule has 2 aromatic heterocycles. The number of rotatable bonds is 7. The van der Waals surface area contributed by atoms with Gasteiger partial charge in [0, 0.05) is 6.20 Å². The maximum Gasteiger partial charge on any atom is 0.292 e. The number of nitrogens with zero attached hydrogens (tertiary/aromatic N) is 2. The molecule has 0 aliphatic rings. The Morgan fingerprint density at radius 1 is 1.06 bits per heavy atom. The van der Waals surface area contributed by atoms with E-state index in [1.54, 1.807) is 53.3 Å². The molecule has 0 radical (unpaired) electrons. The van der Waals surface area contributed by atoms with Gasteiger partial charge >= 0.3 is 0 Å². The van der Waals surface area contributed by atoms with Crippen LogP contribution in [0.4, 0.5) is 5.82 Å². The van der Waals surface area contributed by atoms with Crippen LogP contribution >= 0.6 is 62.3 Å². The largest absolute Gasteiger partial charge is 0.484 e. The van der Waals surface area contributed by atoms with Gasteiger partial charge in [-0.25, -0.2) is 0 Å². The molecule has 1 amide bonds. The van der Waals surface area contributed by atoms with Gasteiger partial charge in [0.05, 0.1) is 26.1 Å². The van der Waals surface area contributed by atoms with E-state index in [2.05, 4.69) is 26.3 Å². The highest BCUT2D eigenvalue weighted by Gasteiger charge is 2.16. The van der Waals surface area contributed by atoms with E-state index in [0.29, 0.717) is 48.4 Å². The Labute approximate surface area is 217 Å². The first-order chi connectivity index (χ1) is 15.8. The summed E-state index contributed by atoms with van der Waals surface area (Å²) in [5.74, 6) is 0.864. The molecule has 2 heterocycles. The zero-order valence-electron chi connectivity index (χ0n) is 16.6. The van der Waals surface area contributed by atoms with Crippen LogP contribution in [-0.2, 0) is 13.2 Å². The number of benzene rings is 2. The smallest absolute Gasteiger partial charge is 0.292 e. The lowest BCUT2D eigenvalue weighted by Gasteiger charge is -2.07. The SMILES string of the molecule is O=C(Nc1nn(Cc2ccc(Cl)c(Cl)c2)cc1Br)c1ccc(COc2cccc(Cl)c2Cl)o1. The molecule has 0 aliphatic heterocycles. The fraction of sp³-hybridized carbons (Fsp3) is 0.0909. The Morgan fingerprint density at radius 3 is 2.67 bits per heavy atom. The zero-order chi connectivity index (χ0) is 23.5. The van der Waals surface area contributed by atoms with Gasteiger partial charge in [0.2, 0.25) is 0 Å². The molecule has 11 heteroatoms. The second-order valence-electron chi connectivity index (χ2n) is 6.83. The quantitative estimate of drug-likeness (QED) is 0.239. The Morgan fingerprint density at radius 2 is 1.88 bits per heavy atom. The van der Waals surface area contributed by atoms with Crippen molar-refractivity contribution >= 4 is 74.1 Å². The predicted molar refractivity (Wildman–Crippen MR) is 133 cm³/mol. The van der Waals surface area contributed by atoms with Gasteiger partial charge in [-0.15, -0.1) is 0 Å². The molecule has 0 atom stereocenters. The van der Waals surface area contributed by atoms with Gasteiger partial charge in [-0.2, -0.15) is 5.10 Å². The highest BCUT2D eigenvalue weighted by Crippen LogP contribution is 2.32. The molecule has 0 bridgehead atoms. The van der Waals surface area contributed by atoms with E-state index in [1.807, 2.05) is 6.07 Å². The molecule has 1 N–H and O–H groups in total. The lowest BCUT2D eigenvalue weighted by atomic mass is 10.2. The van der Waals surface area contributed by atoms with E-state index < -0.39 is 5.91 Å². The molecule has 0 saturated carbocycles. The van der Waals surface area contributed by atoms with Crippen molar-refractivity contribution in [3.63, 3.8) is 0 Å². The van der Waals surface area contributed by atoms with Gasteiger partial charge in [0.15, 0.2) is 11.6 Å². The fourth-order valence-corrected chi connectivity index (χ4v) is 3.96. The second-order valence-corrected chi connectivity index (χ2v) is 9.29. The van der Waals surface area contributed by atoms with Gasteiger partial charge in [-0.1, -0.05) is 58.5 Å². The number of nitrogens with one attached hydrogen (secondary N) is 1. The Bertz CT molecular complexity index is 1320. The Hall–Kier alpha value is -2.16. The molecule has 0 aliphatic carbocycles. The average molecular weight is 590 g/mol. The summed E-state index contributed by atoms with van der Waals surface area (Å²) in [7, 11) is 0. The summed E-state index contributed by atoms with van der Waals surface area (Å²) < 4.78 is 13.5. The van der Waals surface area contributed by atoms with Crippen LogP contribution in [-0.4, -0.2) is 15.7 Å². The number of furan rings is 1. The molecule has 4 rings (SSSR count). The first kappa shape index (κ1) is 24.0. The van der Waals surface area contributed by atoms with Crippen LogP contribution in [0.25, 0.3) is 0 Å².